The molecule has 3 atom stereocenters. The van der Waals surface area contributed by atoms with Crippen molar-refractivity contribution in [2.75, 3.05) is 46.0 Å². The van der Waals surface area contributed by atoms with E-state index in [-0.39, 0.29) is 23.0 Å². The van der Waals surface area contributed by atoms with Crippen molar-refractivity contribution in [3.05, 3.63) is 119 Å². The van der Waals surface area contributed by atoms with Gasteiger partial charge in [-0.25, -0.2) is 0 Å². The monoisotopic (exact) mass is 742 g/mol. The van der Waals surface area contributed by atoms with Crippen molar-refractivity contribution in [3.8, 4) is 23.0 Å². The van der Waals surface area contributed by atoms with Crippen LogP contribution in [0.3, 0.4) is 0 Å². The summed E-state index contributed by atoms with van der Waals surface area (Å²) in [7, 11) is -3.22. The Morgan fingerprint density at radius 3 is 1.13 bits per heavy atom. The maximum Gasteiger partial charge on any atom is 0.363 e. The number of epoxide rings is 2. The van der Waals surface area contributed by atoms with Gasteiger partial charge < -0.3 is 37.0 Å². The zero-order chi connectivity index (χ0) is 37.0. The summed E-state index contributed by atoms with van der Waals surface area (Å²) in [5, 5.41) is 0. The van der Waals surface area contributed by atoms with E-state index in [0.717, 1.165) is 36.2 Å². The Labute approximate surface area is 311 Å². The van der Waals surface area contributed by atoms with Crippen molar-refractivity contribution in [2.45, 2.75) is 70.4 Å². The minimum atomic E-state index is -2.66. The molecule has 0 saturated carbocycles. The molecule has 278 valence electrons. The zero-order valence-corrected chi connectivity index (χ0v) is 33.9. The predicted octanol–water partition coefficient (Wildman–Crippen LogP) is 8.37. The molecule has 2 saturated heterocycles. The Bertz CT molecular complexity index is 1730. The summed E-state index contributed by atoms with van der Waals surface area (Å²) in [4.78, 5) is 0. The number of rotatable bonds is 19. The van der Waals surface area contributed by atoms with E-state index in [9.17, 15) is 0 Å². The lowest BCUT2D eigenvalue weighted by Crippen LogP contribution is -2.54. The van der Waals surface area contributed by atoms with Crippen LogP contribution in [0.4, 0.5) is 0 Å². The van der Waals surface area contributed by atoms with Gasteiger partial charge in [0.05, 0.1) is 13.2 Å². The molecule has 4 aromatic carbocycles. The third-order valence-corrected chi connectivity index (χ3v) is 16.3. The quantitative estimate of drug-likeness (QED) is 0.0701. The summed E-state index contributed by atoms with van der Waals surface area (Å²) >= 11 is 0. The third-order valence-electron chi connectivity index (χ3n) is 9.99. The van der Waals surface area contributed by atoms with Gasteiger partial charge in [-0.3, -0.25) is 0 Å². The van der Waals surface area contributed by atoms with E-state index in [1.54, 1.807) is 7.11 Å². The first-order chi connectivity index (χ1) is 24.7. The molecule has 0 aromatic heterocycles. The molecule has 4 aromatic rings. The van der Waals surface area contributed by atoms with Crippen LogP contribution in [-0.4, -0.2) is 75.1 Å². The van der Waals surface area contributed by atoms with E-state index in [0.29, 0.717) is 25.7 Å². The van der Waals surface area contributed by atoms with Gasteiger partial charge in [0, 0.05) is 17.9 Å². The average Bonchev–Trinajstić information content (AvgIpc) is 4.09. The van der Waals surface area contributed by atoms with Crippen molar-refractivity contribution in [1.82, 2.24) is 0 Å². The molecule has 0 radical (unpaired) electrons. The molecule has 0 bridgehead atoms. The van der Waals surface area contributed by atoms with Crippen LogP contribution in [0.5, 0.6) is 23.0 Å². The van der Waals surface area contributed by atoms with Crippen molar-refractivity contribution >= 4 is 16.9 Å². The maximum absolute atomic E-state index is 6.75. The van der Waals surface area contributed by atoms with Crippen LogP contribution in [0, 0.1) is 0 Å². The fourth-order valence-corrected chi connectivity index (χ4v) is 12.7. The van der Waals surface area contributed by atoms with Gasteiger partial charge in [0.2, 0.25) is 8.32 Å². The smallest absolute Gasteiger partial charge is 0.363 e. The van der Waals surface area contributed by atoms with E-state index in [2.05, 4.69) is 95.9 Å². The van der Waals surface area contributed by atoms with Crippen molar-refractivity contribution in [1.29, 1.82) is 0 Å². The van der Waals surface area contributed by atoms with E-state index in [1.807, 2.05) is 48.5 Å². The molecule has 2 heterocycles. The van der Waals surface area contributed by atoms with Gasteiger partial charge >= 0.3 is 8.56 Å². The maximum atomic E-state index is 6.75. The van der Waals surface area contributed by atoms with Gasteiger partial charge in [-0.2, -0.15) is 0 Å². The fourth-order valence-electron chi connectivity index (χ4n) is 6.13. The Kier molecular flexibility index (Phi) is 11.5. The lowest BCUT2D eigenvalue weighted by Gasteiger charge is -2.34. The van der Waals surface area contributed by atoms with Gasteiger partial charge in [0.15, 0.2) is 0 Å². The highest BCUT2D eigenvalue weighted by Gasteiger charge is 2.40. The predicted molar refractivity (Wildman–Crippen MR) is 209 cm³/mol. The molecule has 2 aliphatic rings. The summed E-state index contributed by atoms with van der Waals surface area (Å²) in [6.45, 7) is 18.1. The second kappa shape index (κ2) is 15.8. The summed E-state index contributed by atoms with van der Waals surface area (Å²) in [5.41, 5.74) is 4.48. The van der Waals surface area contributed by atoms with Gasteiger partial charge in [-0.1, -0.05) is 76.2 Å². The van der Waals surface area contributed by atoms with E-state index >= 15 is 0 Å². The van der Waals surface area contributed by atoms with Crippen molar-refractivity contribution < 1.29 is 37.0 Å². The Hall–Kier alpha value is -3.65. The molecule has 0 spiro atoms. The largest absolute Gasteiger partial charge is 0.494 e. The van der Waals surface area contributed by atoms with Crippen molar-refractivity contribution in [3.63, 3.8) is 0 Å². The highest BCUT2D eigenvalue weighted by molar-refractivity contribution is 6.82. The minimum absolute atomic E-state index is 0.177. The molecule has 52 heavy (non-hydrogen) atoms. The van der Waals surface area contributed by atoms with Crippen LogP contribution in [0.2, 0.25) is 19.6 Å². The van der Waals surface area contributed by atoms with Crippen LogP contribution in [0.15, 0.2) is 97.1 Å². The summed E-state index contributed by atoms with van der Waals surface area (Å²) < 4.78 is 47.4. The summed E-state index contributed by atoms with van der Waals surface area (Å²) in [6, 6.07) is 33.4. The SMILES string of the molecule is CO[Si](C)(COc1ccc(C(C)(C)c2ccc(OCC3CO3)cc2)cc1)O[Si](C)(C)COc1ccc(C(C)(C)c2ccc(OCC3CO3)cc2)cc1. The average molecular weight is 743 g/mol. The first kappa shape index (κ1) is 38.1. The highest BCUT2D eigenvalue weighted by Crippen LogP contribution is 2.35. The van der Waals surface area contributed by atoms with Gasteiger partial charge in [0.25, 0.3) is 0 Å². The van der Waals surface area contributed by atoms with Crippen LogP contribution >= 0.6 is 0 Å². The third kappa shape index (κ3) is 10.1. The zero-order valence-electron chi connectivity index (χ0n) is 31.9. The van der Waals surface area contributed by atoms with E-state index in [1.165, 1.54) is 22.3 Å². The normalized spacial score (nSPS) is 18.3. The molecule has 2 aliphatic heterocycles. The topological polar surface area (TPSA) is 80.4 Å². The van der Waals surface area contributed by atoms with Crippen molar-refractivity contribution in [2.24, 2.45) is 0 Å². The van der Waals surface area contributed by atoms with Gasteiger partial charge in [-0.05, 0) is 90.4 Å². The number of ether oxygens (including phenoxy) is 6. The Morgan fingerprint density at radius 1 is 0.519 bits per heavy atom. The van der Waals surface area contributed by atoms with E-state index in [4.69, 9.17) is 37.0 Å². The second-order valence-electron chi connectivity index (χ2n) is 15.7. The molecule has 2 fully saturated rings. The lowest BCUT2D eigenvalue weighted by molar-refractivity contribution is 0.241. The first-order valence-electron chi connectivity index (χ1n) is 18.2. The molecule has 0 amide bonds. The van der Waals surface area contributed by atoms with Gasteiger partial charge in [-0.15, -0.1) is 0 Å². The number of hydrogen-bond donors (Lipinski definition) is 0. The fraction of sp³-hybridized carbons (Fsp3) is 0.429. The standard InChI is InChI=1S/C42H54O8Si2/c1-41(2,31-9-17-35(18-10-31)44-25-39-27-46-39)33-13-21-37(22-14-33)48-29-51(6,7)50-52(8,43-5)30-49-38-23-15-34(16-24-38)42(3,4)32-11-19-36(20-12-32)45-26-40-28-47-40/h9-24,39-40H,25-30H2,1-8H3. The lowest BCUT2D eigenvalue weighted by atomic mass is 9.78. The molecule has 0 aliphatic carbocycles. The first-order valence-corrected chi connectivity index (χ1v) is 23.8. The number of benzene rings is 4. The van der Waals surface area contributed by atoms with Crippen LogP contribution in [0.1, 0.15) is 49.9 Å². The molecule has 8 nitrogen and oxygen atoms in total. The minimum Gasteiger partial charge on any atom is -0.494 e. The van der Waals surface area contributed by atoms with Crippen LogP contribution in [0.25, 0.3) is 0 Å². The van der Waals surface area contributed by atoms with Gasteiger partial charge in [0.1, 0.15) is 60.9 Å². The summed E-state index contributed by atoms with van der Waals surface area (Å²) in [6.07, 6.45) is 1.37. The highest BCUT2D eigenvalue weighted by atomic mass is 28.4. The molecule has 10 heteroatoms. The number of hydrogen-bond acceptors (Lipinski definition) is 8. The Morgan fingerprint density at radius 2 is 0.827 bits per heavy atom. The Balaban J connectivity index is 0.985. The molecule has 6 rings (SSSR count). The van der Waals surface area contributed by atoms with E-state index < -0.39 is 16.9 Å². The van der Waals surface area contributed by atoms with Crippen LogP contribution in [-0.2, 0) is 28.8 Å². The second-order valence-corrected chi connectivity index (χ2v) is 23.2. The molecule has 3 unspecified atom stereocenters. The molecule has 0 N–H and O–H groups in total. The molecular formula is C42H54O8Si2. The summed E-state index contributed by atoms with van der Waals surface area (Å²) in [5.74, 6) is 3.34. The molecular weight excluding hydrogens is 689 g/mol. The van der Waals surface area contributed by atoms with Crippen LogP contribution < -0.4 is 18.9 Å².